The first-order valence-electron chi connectivity index (χ1n) is 7.02. The van der Waals surface area contributed by atoms with Crippen LogP contribution in [0, 0.1) is 0 Å². The van der Waals surface area contributed by atoms with Gasteiger partial charge in [0.15, 0.2) is 5.82 Å². The molecule has 19 heavy (non-hydrogen) atoms. The number of likely N-dealkylation sites (N-methyl/N-ethyl adjacent to an activating group) is 1. The summed E-state index contributed by atoms with van der Waals surface area (Å²) in [4.78, 5) is 4.77. The number of rotatable bonds is 2. The number of nitrogens with zero attached hydrogens (tertiary/aromatic N) is 4. The van der Waals surface area contributed by atoms with Gasteiger partial charge in [0, 0.05) is 32.2 Å². The van der Waals surface area contributed by atoms with E-state index in [4.69, 9.17) is 5.73 Å². The van der Waals surface area contributed by atoms with E-state index >= 15 is 0 Å². The average molecular weight is 265 g/mol. The van der Waals surface area contributed by atoms with Crippen LogP contribution < -0.4 is 10.6 Å². The minimum atomic E-state index is 0.160. The van der Waals surface area contributed by atoms with Gasteiger partial charge < -0.3 is 10.6 Å². The Balaban J connectivity index is 2.33. The van der Waals surface area contributed by atoms with Crippen LogP contribution in [-0.2, 0) is 7.05 Å². The molecule has 2 heterocycles. The van der Waals surface area contributed by atoms with Gasteiger partial charge in [-0.25, -0.2) is 0 Å². The zero-order chi connectivity index (χ0) is 14.4. The third kappa shape index (κ3) is 2.43. The Bertz CT molecular complexity index is 461. The summed E-state index contributed by atoms with van der Waals surface area (Å²) in [6.07, 6.45) is 0. The SMILES string of the molecule is CC(C)c1nn(C)c(N2CCN(C)C(C)(C)C2)c1N. The summed E-state index contributed by atoms with van der Waals surface area (Å²) in [6.45, 7) is 11.8. The lowest BCUT2D eigenvalue weighted by molar-refractivity contribution is 0.138. The number of nitrogens with two attached hydrogens (primary N) is 1. The Morgan fingerprint density at radius 2 is 1.84 bits per heavy atom. The first kappa shape index (κ1) is 14.2. The average Bonchev–Trinajstić information content (AvgIpc) is 2.58. The monoisotopic (exact) mass is 265 g/mol. The Morgan fingerprint density at radius 1 is 1.21 bits per heavy atom. The van der Waals surface area contributed by atoms with Crippen molar-refractivity contribution in [3.05, 3.63) is 5.69 Å². The first-order valence-corrected chi connectivity index (χ1v) is 7.02. The van der Waals surface area contributed by atoms with Gasteiger partial charge in [-0.1, -0.05) is 13.8 Å². The Labute approximate surface area is 116 Å². The van der Waals surface area contributed by atoms with Crippen LogP contribution in [0.1, 0.15) is 39.3 Å². The fourth-order valence-electron chi connectivity index (χ4n) is 2.77. The number of piperazine rings is 1. The van der Waals surface area contributed by atoms with Gasteiger partial charge in [0.1, 0.15) is 0 Å². The predicted molar refractivity (Wildman–Crippen MR) is 80.6 cm³/mol. The number of aryl methyl sites for hydroxylation is 1. The highest BCUT2D eigenvalue weighted by Crippen LogP contribution is 2.33. The molecule has 0 aliphatic carbocycles. The van der Waals surface area contributed by atoms with Gasteiger partial charge in [0.2, 0.25) is 0 Å². The Hall–Kier alpha value is -1.23. The van der Waals surface area contributed by atoms with Crippen molar-refractivity contribution in [2.75, 3.05) is 37.3 Å². The molecule has 1 aliphatic rings. The summed E-state index contributed by atoms with van der Waals surface area (Å²) in [5.41, 5.74) is 8.33. The van der Waals surface area contributed by atoms with Crippen molar-refractivity contribution >= 4 is 11.5 Å². The maximum Gasteiger partial charge on any atom is 0.150 e. The first-order chi connectivity index (χ1) is 8.74. The van der Waals surface area contributed by atoms with Crippen LogP contribution in [0.2, 0.25) is 0 Å². The molecule has 0 amide bonds. The molecule has 0 bridgehead atoms. The quantitative estimate of drug-likeness (QED) is 0.883. The molecule has 0 atom stereocenters. The molecule has 5 nitrogen and oxygen atoms in total. The van der Waals surface area contributed by atoms with Crippen LogP contribution in [0.4, 0.5) is 11.5 Å². The van der Waals surface area contributed by atoms with E-state index in [1.807, 2.05) is 11.7 Å². The second-order valence-electron chi connectivity index (χ2n) is 6.56. The van der Waals surface area contributed by atoms with Crippen LogP contribution in [0.3, 0.4) is 0 Å². The molecule has 108 valence electrons. The molecule has 5 heteroatoms. The Morgan fingerprint density at radius 3 is 2.32 bits per heavy atom. The third-order valence-corrected chi connectivity index (χ3v) is 4.24. The van der Waals surface area contributed by atoms with Crippen LogP contribution in [-0.4, -0.2) is 46.9 Å². The number of nitrogen functional groups attached to an aromatic ring is 1. The summed E-state index contributed by atoms with van der Waals surface area (Å²) >= 11 is 0. The lowest BCUT2D eigenvalue weighted by Crippen LogP contribution is -2.58. The second kappa shape index (κ2) is 4.71. The molecular formula is C14H27N5. The largest absolute Gasteiger partial charge is 0.394 e. The van der Waals surface area contributed by atoms with E-state index in [1.54, 1.807) is 0 Å². The number of hydrogen-bond acceptors (Lipinski definition) is 4. The molecule has 1 saturated heterocycles. The van der Waals surface area contributed by atoms with Crippen LogP contribution in [0.25, 0.3) is 0 Å². The zero-order valence-electron chi connectivity index (χ0n) is 13.1. The highest BCUT2D eigenvalue weighted by molar-refractivity contribution is 5.67. The minimum Gasteiger partial charge on any atom is -0.394 e. The van der Waals surface area contributed by atoms with Gasteiger partial charge in [-0.3, -0.25) is 9.58 Å². The fraction of sp³-hybridized carbons (Fsp3) is 0.786. The second-order valence-corrected chi connectivity index (χ2v) is 6.56. The van der Waals surface area contributed by atoms with Crippen LogP contribution >= 0.6 is 0 Å². The highest BCUT2D eigenvalue weighted by Gasteiger charge is 2.33. The van der Waals surface area contributed by atoms with Crippen LogP contribution in [0.15, 0.2) is 0 Å². The van der Waals surface area contributed by atoms with Crippen LogP contribution in [0.5, 0.6) is 0 Å². The standard InChI is InChI=1S/C14H27N5/c1-10(2)12-11(15)13(18(6)16-12)19-8-7-17(5)14(3,4)9-19/h10H,7-9,15H2,1-6H3. The summed E-state index contributed by atoms with van der Waals surface area (Å²) in [5.74, 6) is 1.44. The Kier molecular flexibility index (Phi) is 3.51. The molecule has 0 aromatic carbocycles. The predicted octanol–water partition coefficient (Wildman–Crippen LogP) is 1.66. The van der Waals surface area contributed by atoms with E-state index in [-0.39, 0.29) is 5.54 Å². The van der Waals surface area contributed by atoms with E-state index in [9.17, 15) is 0 Å². The van der Waals surface area contributed by atoms with E-state index in [1.165, 1.54) is 0 Å². The number of aromatic nitrogens is 2. The summed E-state index contributed by atoms with van der Waals surface area (Å²) in [6, 6.07) is 0. The molecule has 1 aromatic heterocycles. The van der Waals surface area contributed by atoms with Crippen molar-refractivity contribution in [1.29, 1.82) is 0 Å². The molecule has 0 saturated carbocycles. The van der Waals surface area contributed by atoms with Crippen molar-refractivity contribution in [3.8, 4) is 0 Å². The zero-order valence-corrected chi connectivity index (χ0v) is 13.1. The number of anilines is 2. The molecule has 0 spiro atoms. The lowest BCUT2D eigenvalue weighted by Gasteiger charge is -2.46. The molecule has 1 fully saturated rings. The maximum absolute atomic E-state index is 6.32. The highest BCUT2D eigenvalue weighted by atomic mass is 15.4. The fourth-order valence-corrected chi connectivity index (χ4v) is 2.77. The van der Waals surface area contributed by atoms with Crippen molar-refractivity contribution in [2.24, 2.45) is 7.05 Å². The molecular weight excluding hydrogens is 238 g/mol. The van der Waals surface area contributed by atoms with Gasteiger partial charge in [-0.2, -0.15) is 5.10 Å². The smallest absolute Gasteiger partial charge is 0.150 e. The third-order valence-electron chi connectivity index (χ3n) is 4.24. The topological polar surface area (TPSA) is 50.3 Å². The van der Waals surface area contributed by atoms with Gasteiger partial charge in [0.25, 0.3) is 0 Å². The van der Waals surface area contributed by atoms with Crippen molar-refractivity contribution in [1.82, 2.24) is 14.7 Å². The minimum absolute atomic E-state index is 0.160. The van der Waals surface area contributed by atoms with Gasteiger partial charge in [0.05, 0.1) is 11.4 Å². The molecule has 1 aromatic rings. The maximum atomic E-state index is 6.32. The molecule has 2 N–H and O–H groups in total. The molecule has 0 unspecified atom stereocenters. The van der Waals surface area contributed by atoms with Gasteiger partial charge in [-0.05, 0) is 26.8 Å². The summed E-state index contributed by atoms with van der Waals surface area (Å²) in [7, 11) is 4.17. The van der Waals surface area contributed by atoms with Crippen molar-refractivity contribution in [3.63, 3.8) is 0 Å². The van der Waals surface area contributed by atoms with E-state index in [2.05, 4.69) is 49.6 Å². The van der Waals surface area contributed by atoms with Gasteiger partial charge in [-0.15, -0.1) is 0 Å². The molecule has 0 radical (unpaired) electrons. The van der Waals surface area contributed by atoms with E-state index in [0.717, 1.165) is 36.8 Å². The lowest BCUT2D eigenvalue weighted by atomic mass is 9.99. The van der Waals surface area contributed by atoms with E-state index in [0.29, 0.717) is 5.92 Å². The molecule has 1 aliphatic heterocycles. The molecule has 2 rings (SSSR count). The van der Waals surface area contributed by atoms with Crippen molar-refractivity contribution in [2.45, 2.75) is 39.2 Å². The number of hydrogen-bond donors (Lipinski definition) is 1. The van der Waals surface area contributed by atoms with E-state index < -0.39 is 0 Å². The van der Waals surface area contributed by atoms with Crippen molar-refractivity contribution < 1.29 is 0 Å². The summed E-state index contributed by atoms with van der Waals surface area (Å²) in [5, 5.41) is 4.59. The summed E-state index contributed by atoms with van der Waals surface area (Å²) < 4.78 is 1.94. The normalized spacial score (nSPS) is 20.3. The van der Waals surface area contributed by atoms with Gasteiger partial charge >= 0.3 is 0 Å².